The van der Waals surface area contributed by atoms with Gasteiger partial charge >= 0.3 is 0 Å². The van der Waals surface area contributed by atoms with Crippen molar-refractivity contribution in [3.05, 3.63) is 77.9 Å². The average Bonchev–Trinajstić information content (AvgIpc) is 2.90. The Kier molecular flexibility index (Phi) is 8.43. The zero-order valence-corrected chi connectivity index (χ0v) is 20.0. The number of nitrogen functional groups attached to an aromatic ring is 1. The molecule has 4 N–H and O–H groups in total. The summed E-state index contributed by atoms with van der Waals surface area (Å²) in [6.07, 6.45) is 0. The Balaban J connectivity index is 1.30. The van der Waals surface area contributed by atoms with Gasteiger partial charge in [0.15, 0.2) is 11.5 Å². The van der Waals surface area contributed by atoms with Crippen molar-refractivity contribution in [3.63, 3.8) is 0 Å². The van der Waals surface area contributed by atoms with Gasteiger partial charge in [0.2, 0.25) is 0 Å². The Morgan fingerprint density at radius 2 is 1.80 bits per heavy atom. The van der Waals surface area contributed by atoms with Crippen LogP contribution in [0.25, 0.3) is 0 Å². The number of methoxy groups -OCH3 is 1. The van der Waals surface area contributed by atoms with E-state index >= 15 is 0 Å². The van der Waals surface area contributed by atoms with E-state index in [1.807, 2.05) is 42.5 Å². The molecule has 0 aromatic heterocycles. The topological polar surface area (TPSA) is 98.1 Å². The highest BCUT2D eigenvalue weighted by Gasteiger charge is 2.12. The first-order valence-corrected chi connectivity index (χ1v) is 11.7. The van der Waals surface area contributed by atoms with Crippen LogP contribution in [0.4, 0.5) is 17.1 Å². The van der Waals surface area contributed by atoms with Crippen molar-refractivity contribution in [1.82, 2.24) is 4.90 Å². The van der Waals surface area contributed by atoms with E-state index in [1.165, 1.54) is 0 Å². The van der Waals surface area contributed by atoms with Crippen molar-refractivity contribution < 1.29 is 19.0 Å². The minimum atomic E-state index is -0.198. The minimum absolute atomic E-state index is 0.198. The number of anilines is 3. The molecule has 0 unspecified atom stereocenters. The molecule has 1 aliphatic rings. The number of para-hydroxylation sites is 2. The fraction of sp³-hybridized carbons (Fsp3) is 0.296. The van der Waals surface area contributed by atoms with Gasteiger partial charge in [-0.05, 0) is 42.0 Å². The number of hydrogen-bond acceptors (Lipinski definition) is 7. The number of morpholine rings is 1. The highest BCUT2D eigenvalue weighted by Crippen LogP contribution is 2.30. The largest absolute Gasteiger partial charge is 0.493 e. The van der Waals surface area contributed by atoms with Gasteiger partial charge in [-0.3, -0.25) is 9.69 Å². The number of nitrogens with zero attached hydrogens (tertiary/aromatic N) is 1. The van der Waals surface area contributed by atoms with Crippen molar-refractivity contribution in [3.8, 4) is 11.5 Å². The van der Waals surface area contributed by atoms with Crippen LogP contribution in [0, 0.1) is 0 Å². The summed E-state index contributed by atoms with van der Waals surface area (Å²) < 4.78 is 16.9. The van der Waals surface area contributed by atoms with E-state index < -0.39 is 0 Å². The average molecular weight is 477 g/mol. The molecule has 0 atom stereocenters. The number of carbonyl (C=O) groups is 1. The number of nitrogens with one attached hydrogen (secondary N) is 2. The molecule has 35 heavy (non-hydrogen) atoms. The van der Waals surface area contributed by atoms with E-state index in [0.29, 0.717) is 41.6 Å². The lowest BCUT2D eigenvalue weighted by Gasteiger charge is -2.26. The Labute approximate surface area is 206 Å². The van der Waals surface area contributed by atoms with Gasteiger partial charge in [0.1, 0.15) is 6.61 Å². The van der Waals surface area contributed by atoms with Crippen LogP contribution >= 0.6 is 0 Å². The molecule has 1 saturated heterocycles. The Bertz CT molecular complexity index is 1110. The predicted molar refractivity (Wildman–Crippen MR) is 138 cm³/mol. The predicted octanol–water partition coefficient (Wildman–Crippen LogP) is 3.85. The molecule has 0 bridgehead atoms. The van der Waals surface area contributed by atoms with Gasteiger partial charge in [-0.2, -0.15) is 0 Å². The molecule has 3 aromatic rings. The van der Waals surface area contributed by atoms with E-state index in [1.54, 1.807) is 31.4 Å². The van der Waals surface area contributed by atoms with Crippen LogP contribution in [0.5, 0.6) is 11.5 Å². The van der Waals surface area contributed by atoms with Crippen LogP contribution in [0.15, 0.2) is 66.7 Å². The van der Waals surface area contributed by atoms with Crippen LogP contribution in [0.1, 0.15) is 15.9 Å². The molecule has 0 radical (unpaired) electrons. The second kappa shape index (κ2) is 12.1. The molecule has 1 heterocycles. The van der Waals surface area contributed by atoms with Crippen molar-refractivity contribution >= 4 is 23.0 Å². The van der Waals surface area contributed by atoms with Crippen molar-refractivity contribution in [2.45, 2.75) is 6.54 Å². The highest BCUT2D eigenvalue weighted by molar-refractivity contribution is 6.05. The monoisotopic (exact) mass is 476 g/mol. The van der Waals surface area contributed by atoms with Gasteiger partial charge in [-0.15, -0.1) is 0 Å². The summed E-state index contributed by atoms with van der Waals surface area (Å²) in [6, 6.07) is 20.5. The fourth-order valence-electron chi connectivity index (χ4n) is 3.79. The molecule has 1 amide bonds. The number of ether oxygens (including phenoxy) is 3. The molecule has 4 rings (SSSR count). The third kappa shape index (κ3) is 6.88. The Hall–Kier alpha value is -3.75. The lowest BCUT2D eigenvalue weighted by atomic mass is 10.1. The Morgan fingerprint density at radius 1 is 1.03 bits per heavy atom. The molecule has 184 valence electrons. The zero-order chi connectivity index (χ0) is 24.5. The molecule has 1 aliphatic heterocycles. The molecule has 8 nitrogen and oxygen atoms in total. The van der Waals surface area contributed by atoms with Crippen LogP contribution in [-0.4, -0.2) is 57.4 Å². The van der Waals surface area contributed by atoms with E-state index in [9.17, 15) is 4.79 Å². The molecular weight excluding hydrogens is 444 g/mol. The van der Waals surface area contributed by atoms with Crippen LogP contribution in [0.3, 0.4) is 0 Å². The fourth-order valence-corrected chi connectivity index (χ4v) is 3.79. The first-order chi connectivity index (χ1) is 17.1. The number of amides is 1. The third-order valence-corrected chi connectivity index (χ3v) is 5.85. The maximum atomic E-state index is 12.5. The second-order valence-electron chi connectivity index (χ2n) is 8.26. The molecular formula is C27H32N4O4. The number of hydrogen-bond donors (Lipinski definition) is 3. The van der Waals surface area contributed by atoms with Crippen molar-refractivity contribution in [1.29, 1.82) is 0 Å². The Morgan fingerprint density at radius 3 is 2.54 bits per heavy atom. The molecule has 3 aromatic carbocycles. The maximum absolute atomic E-state index is 12.5. The lowest BCUT2D eigenvalue weighted by molar-refractivity contribution is 0.0321. The summed E-state index contributed by atoms with van der Waals surface area (Å²) in [5, 5.41) is 6.25. The van der Waals surface area contributed by atoms with Crippen LogP contribution < -0.4 is 25.8 Å². The van der Waals surface area contributed by atoms with E-state index in [4.69, 9.17) is 19.9 Å². The van der Waals surface area contributed by atoms with Gasteiger partial charge in [0, 0.05) is 43.5 Å². The summed E-state index contributed by atoms with van der Waals surface area (Å²) in [6.45, 7) is 5.45. The number of carbonyl (C=O) groups excluding carboxylic acids is 1. The van der Waals surface area contributed by atoms with Gasteiger partial charge in [0.25, 0.3) is 5.91 Å². The third-order valence-electron chi connectivity index (χ3n) is 5.85. The van der Waals surface area contributed by atoms with Gasteiger partial charge < -0.3 is 30.6 Å². The summed E-state index contributed by atoms with van der Waals surface area (Å²) in [5.74, 6) is 1.21. The van der Waals surface area contributed by atoms with E-state index in [2.05, 4.69) is 15.5 Å². The van der Waals surface area contributed by atoms with Gasteiger partial charge in [0.05, 0.1) is 31.7 Å². The zero-order valence-electron chi connectivity index (χ0n) is 20.0. The molecule has 0 aliphatic carbocycles. The lowest BCUT2D eigenvalue weighted by Crippen LogP contribution is -2.38. The summed E-state index contributed by atoms with van der Waals surface area (Å²) >= 11 is 0. The summed E-state index contributed by atoms with van der Waals surface area (Å²) in [4.78, 5) is 14.9. The van der Waals surface area contributed by atoms with Crippen LogP contribution in [0.2, 0.25) is 0 Å². The summed E-state index contributed by atoms with van der Waals surface area (Å²) in [7, 11) is 1.64. The summed E-state index contributed by atoms with van der Waals surface area (Å²) in [5.41, 5.74) is 9.58. The SMILES string of the molecule is COc1ccc(NCc2ccc(C(=O)Nc3ccccc3N)cc2)cc1OCCN1CCOCC1. The first-order valence-electron chi connectivity index (χ1n) is 11.7. The van der Waals surface area contributed by atoms with Gasteiger partial charge in [-0.1, -0.05) is 24.3 Å². The normalized spacial score (nSPS) is 13.7. The standard InChI is InChI=1S/C27H32N4O4/c1-33-25-11-10-22(18-26(25)35-17-14-31-12-15-34-16-13-31)29-19-20-6-8-21(9-7-20)27(32)30-24-5-3-2-4-23(24)28/h2-11,18,29H,12-17,19,28H2,1H3,(H,30,32). The second-order valence-corrected chi connectivity index (χ2v) is 8.26. The maximum Gasteiger partial charge on any atom is 0.255 e. The molecule has 8 heteroatoms. The molecule has 0 spiro atoms. The highest BCUT2D eigenvalue weighted by atomic mass is 16.5. The first kappa shape index (κ1) is 24.4. The van der Waals surface area contributed by atoms with Crippen molar-refractivity contribution in [2.75, 3.05) is 62.9 Å². The van der Waals surface area contributed by atoms with Crippen molar-refractivity contribution in [2.24, 2.45) is 0 Å². The number of benzene rings is 3. The van der Waals surface area contributed by atoms with Crippen LogP contribution in [-0.2, 0) is 11.3 Å². The molecule has 1 fully saturated rings. The molecule has 0 saturated carbocycles. The number of nitrogens with two attached hydrogens (primary N) is 1. The smallest absolute Gasteiger partial charge is 0.255 e. The van der Waals surface area contributed by atoms with E-state index in [-0.39, 0.29) is 5.91 Å². The quantitative estimate of drug-likeness (QED) is 0.382. The number of rotatable bonds is 10. The van der Waals surface area contributed by atoms with E-state index in [0.717, 1.165) is 44.1 Å². The van der Waals surface area contributed by atoms with Gasteiger partial charge in [-0.25, -0.2) is 0 Å². The minimum Gasteiger partial charge on any atom is -0.493 e.